The molecule has 20 heavy (non-hydrogen) atoms. The summed E-state index contributed by atoms with van der Waals surface area (Å²) in [5.41, 5.74) is 6.82. The highest BCUT2D eigenvalue weighted by Gasteiger charge is 2.44. The Labute approximate surface area is 124 Å². The van der Waals surface area contributed by atoms with Crippen molar-refractivity contribution in [2.75, 3.05) is 5.73 Å². The van der Waals surface area contributed by atoms with Crippen molar-refractivity contribution >= 4 is 29.0 Å². The fourth-order valence-electron chi connectivity index (χ4n) is 1.96. The van der Waals surface area contributed by atoms with Gasteiger partial charge in [-0.2, -0.15) is 0 Å². The fraction of sp³-hybridized carbons (Fsp3) is 0.167. The third-order valence-corrected chi connectivity index (χ3v) is 3.61. The van der Waals surface area contributed by atoms with Crippen molar-refractivity contribution in [2.24, 2.45) is 0 Å². The topological polar surface area (TPSA) is 83.4 Å². The number of benzene rings is 1. The van der Waals surface area contributed by atoms with Crippen LogP contribution in [0.1, 0.15) is 11.3 Å². The summed E-state index contributed by atoms with van der Waals surface area (Å²) < 4.78 is 15.6. The maximum absolute atomic E-state index is 6.00. The van der Waals surface area contributed by atoms with Gasteiger partial charge in [-0.05, 0) is 28.0 Å². The van der Waals surface area contributed by atoms with Gasteiger partial charge in [-0.3, -0.25) is 0 Å². The Balaban J connectivity index is 1.96. The first kappa shape index (κ1) is 13.1. The summed E-state index contributed by atoms with van der Waals surface area (Å²) in [4.78, 5) is 0. The number of anilines is 1. The number of hydrogen-bond donors (Lipinski definition) is 1. The van der Waals surface area contributed by atoms with Crippen LogP contribution < -0.4 is 5.73 Å². The third-order valence-electron chi connectivity index (χ3n) is 2.87. The number of hydrogen-bond acceptors (Lipinski definition) is 6. The van der Waals surface area contributed by atoms with E-state index < -0.39 is 5.79 Å². The van der Waals surface area contributed by atoms with Gasteiger partial charge < -0.3 is 15.2 Å². The minimum Gasteiger partial charge on any atom is -0.451 e. The molecular formula is C12H9Cl2N3O3. The van der Waals surface area contributed by atoms with Crippen LogP contribution in [0.2, 0.25) is 10.0 Å². The quantitative estimate of drug-likeness (QED) is 0.938. The summed E-state index contributed by atoms with van der Waals surface area (Å²) in [5, 5.41) is 8.19. The zero-order valence-corrected chi connectivity index (χ0v) is 11.6. The number of rotatable bonds is 3. The smallest absolute Gasteiger partial charge is 0.305 e. The molecule has 3 rings (SSSR count). The minimum absolute atomic E-state index is 0.105. The summed E-state index contributed by atoms with van der Waals surface area (Å²) in [6.45, 7) is 0. The summed E-state index contributed by atoms with van der Waals surface area (Å²) in [7, 11) is 0. The molecule has 2 aromatic rings. The molecule has 6 nitrogen and oxygen atoms in total. The monoisotopic (exact) mass is 313 g/mol. The van der Waals surface area contributed by atoms with Gasteiger partial charge in [0.15, 0.2) is 5.82 Å². The molecule has 8 heteroatoms. The first-order valence-electron chi connectivity index (χ1n) is 5.64. The van der Waals surface area contributed by atoms with Crippen LogP contribution in [0.25, 0.3) is 0 Å². The van der Waals surface area contributed by atoms with Gasteiger partial charge in [-0.15, -0.1) is 0 Å². The Kier molecular flexibility index (Phi) is 3.19. The van der Waals surface area contributed by atoms with Crippen molar-refractivity contribution in [2.45, 2.75) is 12.2 Å². The van der Waals surface area contributed by atoms with E-state index in [2.05, 4.69) is 14.9 Å². The number of nitrogens with zero attached hydrogens (tertiary/aromatic N) is 2. The molecule has 0 saturated heterocycles. The van der Waals surface area contributed by atoms with Crippen molar-refractivity contribution < 1.29 is 14.1 Å². The molecule has 0 radical (unpaired) electrons. The van der Waals surface area contributed by atoms with E-state index in [0.29, 0.717) is 16.5 Å². The van der Waals surface area contributed by atoms with Gasteiger partial charge in [0.1, 0.15) is 12.5 Å². The average Bonchev–Trinajstić information content (AvgIpc) is 3.04. The van der Waals surface area contributed by atoms with Crippen LogP contribution in [0.15, 0.2) is 35.4 Å². The lowest BCUT2D eigenvalue weighted by Gasteiger charge is -2.25. The van der Waals surface area contributed by atoms with Crippen LogP contribution in [-0.4, -0.2) is 10.3 Å². The SMILES string of the molecule is Nc1nonc1C1(Cc2ccc(Cl)c(Cl)c2)OC=CO1. The van der Waals surface area contributed by atoms with Crippen LogP contribution in [-0.2, 0) is 21.7 Å². The number of nitrogens with two attached hydrogens (primary N) is 1. The van der Waals surface area contributed by atoms with Gasteiger partial charge in [0.25, 0.3) is 0 Å². The standard InChI is InChI=1S/C12H9Cl2N3O3/c13-8-2-1-7(5-9(8)14)6-12(18-3-4-19-12)10-11(15)17-20-16-10/h1-5H,6H2,(H2,15,17). The van der Waals surface area contributed by atoms with Crippen molar-refractivity contribution in [3.05, 3.63) is 52.0 Å². The molecule has 1 aromatic heterocycles. The van der Waals surface area contributed by atoms with E-state index >= 15 is 0 Å². The van der Waals surface area contributed by atoms with E-state index in [4.69, 9.17) is 38.4 Å². The second-order valence-electron chi connectivity index (χ2n) is 4.18. The Morgan fingerprint density at radius 1 is 1.10 bits per heavy atom. The fourth-order valence-corrected chi connectivity index (χ4v) is 2.28. The molecule has 0 saturated carbocycles. The van der Waals surface area contributed by atoms with Crippen molar-refractivity contribution in [1.82, 2.24) is 10.3 Å². The van der Waals surface area contributed by atoms with Crippen LogP contribution in [0.3, 0.4) is 0 Å². The van der Waals surface area contributed by atoms with E-state index in [9.17, 15) is 0 Å². The van der Waals surface area contributed by atoms with E-state index in [-0.39, 0.29) is 11.5 Å². The minimum atomic E-state index is -1.21. The van der Waals surface area contributed by atoms with E-state index in [1.165, 1.54) is 12.5 Å². The highest BCUT2D eigenvalue weighted by molar-refractivity contribution is 6.42. The second-order valence-corrected chi connectivity index (χ2v) is 5.00. The van der Waals surface area contributed by atoms with Crippen molar-refractivity contribution in [3.8, 4) is 0 Å². The zero-order valence-electron chi connectivity index (χ0n) is 10.0. The molecule has 1 aliphatic rings. The molecular weight excluding hydrogens is 305 g/mol. The molecule has 0 aliphatic carbocycles. The van der Waals surface area contributed by atoms with E-state index in [1.54, 1.807) is 12.1 Å². The van der Waals surface area contributed by atoms with Gasteiger partial charge >= 0.3 is 5.79 Å². The second kappa shape index (κ2) is 4.88. The van der Waals surface area contributed by atoms with E-state index in [0.717, 1.165) is 5.56 Å². The molecule has 104 valence electrons. The number of halogens is 2. The lowest BCUT2D eigenvalue weighted by atomic mass is 10.0. The van der Waals surface area contributed by atoms with Crippen LogP contribution >= 0.6 is 23.2 Å². The highest BCUT2D eigenvalue weighted by atomic mass is 35.5. The molecule has 0 fully saturated rings. The highest BCUT2D eigenvalue weighted by Crippen LogP contribution is 2.37. The van der Waals surface area contributed by atoms with Gasteiger partial charge in [0.05, 0.1) is 16.5 Å². The summed E-state index contributed by atoms with van der Waals surface area (Å²) in [6, 6.07) is 5.23. The molecule has 0 amide bonds. The molecule has 0 spiro atoms. The molecule has 1 aliphatic heterocycles. The molecule has 0 unspecified atom stereocenters. The van der Waals surface area contributed by atoms with Crippen molar-refractivity contribution in [3.63, 3.8) is 0 Å². The van der Waals surface area contributed by atoms with Crippen LogP contribution in [0.5, 0.6) is 0 Å². The Bertz CT molecular complexity index is 664. The van der Waals surface area contributed by atoms with Crippen molar-refractivity contribution in [1.29, 1.82) is 0 Å². The van der Waals surface area contributed by atoms with Crippen LogP contribution in [0, 0.1) is 0 Å². The molecule has 1 aromatic carbocycles. The Morgan fingerprint density at radius 3 is 2.45 bits per heavy atom. The average molecular weight is 314 g/mol. The third kappa shape index (κ3) is 2.17. The Hall–Kier alpha value is -1.92. The number of nitrogen functional groups attached to an aromatic ring is 1. The molecule has 0 atom stereocenters. The Morgan fingerprint density at radius 2 is 1.85 bits per heavy atom. The summed E-state index contributed by atoms with van der Waals surface area (Å²) in [5.74, 6) is -1.10. The van der Waals surface area contributed by atoms with E-state index in [1.807, 2.05) is 6.07 Å². The normalized spacial score (nSPS) is 15.9. The largest absolute Gasteiger partial charge is 0.451 e. The lowest BCUT2D eigenvalue weighted by Crippen LogP contribution is -2.31. The van der Waals surface area contributed by atoms with Gasteiger partial charge in [0.2, 0.25) is 5.69 Å². The predicted molar refractivity (Wildman–Crippen MR) is 71.9 cm³/mol. The van der Waals surface area contributed by atoms with Gasteiger partial charge in [0, 0.05) is 0 Å². The summed E-state index contributed by atoms with van der Waals surface area (Å²) >= 11 is 11.9. The molecule has 0 bridgehead atoms. The van der Waals surface area contributed by atoms with Gasteiger partial charge in [-0.1, -0.05) is 29.3 Å². The van der Waals surface area contributed by atoms with Gasteiger partial charge in [-0.25, -0.2) is 4.63 Å². The maximum Gasteiger partial charge on any atom is 0.305 e. The number of aromatic nitrogens is 2. The van der Waals surface area contributed by atoms with Crippen LogP contribution in [0.4, 0.5) is 5.82 Å². The molecule has 2 heterocycles. The first-order chi connectivity index (χ1) is 9.61. The maximum atomic E-state index is 6.00. The number of ether oxygens (including phenoxy) is 2. The molecule has 2 N–H and O–H groups in total. The zero-order chi connectivity index (χ0) is 14.2. The lowest BCUT2D eigenvalue weighted by molar-refractivity contribution is -0.152. The first-order valence-corrected chi connectivity index (χ1v) is 6.39. The summed E-state index contributed by atoms with van der Waals surface area (Å²) in [6.07, 6.45) is 3.13. The predicted octanol–water partition coefficient (Wildman–Crippen LogP) is 2.87.